The highest BCUT2D eigenvalue weighted by atomic mass is 16.5. The monoisotopic (exact) mass is 332 g/mol. The first-order chi connectivity index (χ1) is 11.5. The van der Waals surface area contributed by atoms with Crippen molar-refractivity contribution >= 4 is 11.8 Å². The molecule has 1 aromatic heterocycles. The number of nitrogens with two attached hydrogens (primary N) is 1. The lowest BCUT2D eigenvalue weighted by atomic mass is 10.2. The quantitative estimate of drug-likeness (QED) is 0.699. The number of carbonyl (C=O) groups excluding carboxylic acids is 2. The van der Waals surface area contributed by atoms with Gasteiger partial charge in [0.25, 0.3) is 5.91 Å². The highest BCUT2D eigenvalue weighted by Crippen LogP contribution is 2.12. The molecule has 0 aliphatic heterocycles. The van der Waals surface area contributed by atoms with Gasteiger partial charge in [0.2, 0.25) is 5.91 Å². The molecule has 0 spiro atoms. The first kappa shape index (κ1) is 17.4. The molecule has 2 amide bonds. The smallest absolute Gasteiger partial charge is 0.255 e. The van der Waals surface area contributed by atoms with Gasteiger partial charge in [0.1, 0.15) is 12.3 Å². The zero-order valence-electron chi connectivity index (χ0n) is 13.6. The highest BCUT2D eigenvalue weighted by Gasteiger charge is 2.13. The van der Waals surface area contributed by atoms with Crippen molar-refractivity contribution in [1.82, 2.24) is 25.5 Å². The zero-order valence-corrected chi connectivity index (χ0v) is 13.6. The van der Waals surface area contributed by atoms with Crippen LogP contribution in [0.25, 0.3) is 0 Å². The van der Waals surface area contributed by atoms with Crippen molar-refractivity contribution in [2.45, 2.75) is 32.9 Å². The van der Waals surface area contributed by atoms with Crippen LogP contribution in [0.1, 0.15) is 31.2 Å². The first-order valence-electron chi connectivity index (χ1n) is 7.48. The van der Waals surface area contributed by atoms with Crippen LogP contribution in [0.15, 0.2) is 24.3 Å². The van der Waals surface area contributed by atoms with Gasteiger partial charge in [-0.15, -0.1) is 5.10 Å². The van der Waals surface area contributed by atoms with Crippen LogP contribution in [-0.2, 0) is 22.7 Å². The fourth-order valence-corrected chi connectivity index (χ4v) is 1.99. The number of hydrogen-bond donors (Lipinski definition) is 2. The maximum atomic E-state index is 12.0. The van der Waals surface area contributed by atoms with Crippen LogP contribution < -0.4 is 15.8 Å². The van der Waals surface area contributed by atoms with Gasteiger partial charge in [-0.05, 0) is 28.1 Å². The van der Waals surface area contributed by atoms with Crippen LogP contribution in [0.5, 0.6) is 5.75 Å². The van der Waals surface area contributed by atoms with E-state index in [1.807, 2.05) is 13.8 Å². The Hall–Kier alpha value is -2.97. The van der Waals surface area contributed by atoms with E-state index >= 15 is 0 Å². The van der Waals surface area contributed by atoms with Crippen molar-refractivity contribution in [3.05, 3.63) is 35.7 Å². The summed E-state index contributed by atoms with van der Waals surface area (Å²) in [5, 5.41) is 14.1. The summed E-state index contributed by atoms with van der Waals surface area (Å²) in [7, 11) is 0. The highest BCUT2D eigenvalue weighted by molar-refractivity contribution is 5.76. The van der Waals surface area contributed by atoms with E-state index in [1.54, 1.807) is 24.3 Å². The summed E-state index contributed by atoms with van der Waals surface area (Å²) < 4.78 is 6.65. The molecule has 2 aromatic rings. The molecule has 0 aliphatic rings. The van der Waals surface area contributed by atoms with Gasteiger partial charge in [-0.3, -0.25) is 9.59 Å². The summed E-state index contributed by atoms with van der Waals surface area (Å²) in [4.78, 5) is 22.6. The number of nitrogens with zero attached hydrogens (tertiary/aromatic N) is 4. The van der Waals surface area contributed by atoms with E-state index in [-0.39, 0.29) is 25.0 Å². The molecule has 1 heterocycles. The van der Waals surface area contributed by atoms with Gasteiger partial charge in [-0.2, -0.15) is 0 Å². The van der Waals surface area contributed by atoms with Gasteiger partial charge in [0.05, 0.1) is 0 Å². The summed E-state index contributed by atoms with van der Waals surface area (Å²) in [6, 6.07) is 7.02. The molecule has 1 aromatic carbocycles. The summed E-state index contributed by atoms with van der Waals surface area (Å²) in [6.45, 7) is 4.19. The van der Waals surface area contributed by atoms with Gasteiger partial charge >= 0.3 is 0 Å². The number of hydrogen-bond acceptors (Lipinski definition) is 6. The van der Waals surface area contributed by atoms with Crippen LogP contribution in [0.4, 0.5) is 0 Å². The molecule has 0 atom stereocenters. The summed E-state index contributed by atoms with van der Waals surface area (Å²) in [6.07, 6.45) is 0. The average Bonchev–Trinajstić information content (AvgIpc) is 3.00. The molecule has 2 rings (SSSR count). The van der Waals surface area contributed by atoms with Crippen molar-refractivity contribution in [3.8, 4) is 5.75 Å². The fourth-order valence-electron chi connectivity index (χ4n) is 1.99. The fraction of sp³-hybridized carbons (Fsp3) is 0.400. The molecule has 9 nitrogen and oxygen atoms in total. The van der Waals surface area contributed by atoms with Crippen LogP contribution in [0.2, 0.25) is 0 Å². The van der Waals surface area contributed by atoms with E-state index < -0.39 is 5.91 Å². The molecular weight excluding hydrogens is 312 g/mol. The van der Waals surface area contributed by atoms with Crippen molar-refractivity contribution in [3.63, 3.8) is 0 Å². The average molecular weight is 332 g/mol. The van der Waals surface area contributed by atoms with Crippen LogP contribution in [-0.4, -0.2) is 38.6 Å². The number of aromatic nitrogens is 4. The SMILES string of the molecule is CC(C)c1nnnn1CC(=O)NCc1ccc(OCC(N)=O)cc1. The van der Waals surface area contributed by atoms with Gasteiger partial charge in [0.15, 0.2) is 12.4 Å². The molecule has 3 N–H and O–H groups in total. The second kappa shape index (κ2) is 8.04. The predicted molar refractivity (Wildman–Crippen MR) is 84.9 cm³/mol. The van der Waals surface area contributed by atoms with Crippen LogP contribution in [0.3, 0.4) is 0 Å². The normalized spacial score (nSPS) is 10.6. The van der Waals surface area contributed by atoms with Crippen molar-refractivity contribution in [2.75, 3.05) is 6.61 Å². The summed E-state index contributed by atoms with van der Waals surface area (Å²) in [5.41, 5.74) is 5.91. The van der Waals surface area contributed by atoms with Crippen molar-refractivity contribution in [2.24, 2.45) is 5.73 Å². The topological polar surface area (TPSA) is 125 Å². The first-order valence-corrected chi connectivity index (χ1v) is 7.48. The molecule has 0 fully saturated rings. The van der Waals surface area contributed by atoms with Gasteiger partial charge in [0, 0.05) is 12.5 Å². The molecule has 9 heteroatoms. The van der Waals surface area contributed by atoms with Crippen molar-refractivity contribution < 1.29 is 14.3 Å². The van der Waals surface area contributed by atoms with E-state index in [2.05, 4.69) is 20.8 Å². The minimum absolute atomic E-state index is 0.0698. The molecule has 0 unspecified atom stereocenters. The number of amides is 2. The number of ether oxygens (including phenoxy) is 1. The number of nitrogens with one attached hydrogen (secondary N) is 1. The predicted octanol–water partition coefficient (Wildman–Crippen LogP) is -0.0230. The molecule has 128 valence electrons. The van der Waals surface area contributed by atoms with Gasteiger partial charge < -0.3 is 15.8 Å². The van der Waals surface area contributed by atoms with Crippen LogP contribution >= 0.6 is 0 Å². The Kier molecular flexibility index (Phi) is 5.83. The Morgan fingerprint density at radius 3 is 2.62 bits per heavy atom. The van der Waals surface area contributed by atoms with E-state index in [4.69, 9.17) is 10.5 Å². The molecule has 0 saturated heterocycles. The molecule has 0 radical (unpaired) electrons. The molecular formula is C15H20N6O3. The maximum absolute atomic E-state index is 12.0. The minimum Gasteiger partial charge on any atom is -0.484 e. The van der Waals surface area contributed by atoms with Crippen LogP contribution in [0, 0.1) is 0 Å². The Labute approximate surface area is 139 Å². The molecule has 24 heavy (non-hydrogen) atoms. The standard InChI is InChI=1S/C15H20N6O3/c1-10(2)15-18-19-20-21(15)8-14(23)17-7-11-3-5-12(6-4-11)24-9-13(16)22/h3-6,10H,7-9H2,1-2H3,(H2,16,22)(H,17,23). The Morgan fingerprint density at radius 2 is 2.00 bits per heavy atom. The van der Waals surface area contributed by atoms with E-state index in [9.17, 15) is 9.59 Å². The Bertz CT molecular complexity index is 695. The third-order valence-electron chi connectivity index (χ3n) is 3.16. The maximum Gasteiger partial charge on any atom is 0.255 e. The minimum atomic E-state index is -0.533. The number of benzene rings is 1. The number of carbonyl (C=O) groups is 2. The van der Waals surface area contributed by atoms with E-state index in [0.29, 0.717) is 18.1 Å². The third-order valence-corrected chi connectivity index (χ3v) is 3.16. The van der Waals surface area contributed by atoms with Gasteiger partial charge in [-0.25, -0.2) is 4.68 Å². The molecule has 0 bridgehead atoms. The lowest BCUT2D eigenvalue weighted by Gasteiger charge is -2.09. The largest absolute Gasteiger partial charge is 0.484 e. The summed E-state index contributed by atoms with van der Waals surface area (Å²) >= 11 is 0. The second-order valence-electron chi connectivity index (χ2n) is 5.53. The Morgan fingerprint density at radius 1 is 1.29 bits per heavy atom. The zero-order chi connectivity index (χ0) is 17.5. The number of primary amides is 1. The Balaban J connectivity index is 1.83. The second-order valence-corrected chi connectivity index (χ2v) is 5.53. The van der Waals surface area contributed by atoms with E-state index in [1.165, 1.54) is 4.68 Å². The van der Waals surface area contributed by atoms with E-state index in [0.717, 1.165) is 5.56 Å². The molecule has 0 saturated carbocycles. The number of rotatable bonds is 8. The lowest BCUT2D eigenvalue weighted by Crippen LogP contribution is -2.28. The molecule has 0 aliphatic carbocycles. The number of tetrazole rings is 1. The van der Waals surface area contributed by atoms with Gasteiger partial charge in [-0.1, -0.05) is 26.0 Å². The van der Waals surface area contributed by atoms with Crippen molar-refractivity contribution in [1.29, 1.82) is 0 Å². The summed E-state index contributed by atoms with van der Waals surface area (Å²) in [5.74, 6) is 0.633. The lowest BCUT2D eigenvalue weighted by molar-refractivity contribution is -0.122. The third kappa shape index (κ3) is 5.04.